The van der Waals surface area contributed by atoms with Gasteiger partial charge in [-0.3, -0.25) is 19.3 Å². The van der Waals surface area contributed by atoms with E-state index in [2.05, 4.69) is 42.7 Å². The second-order valence-corrected chi connectivity index (χ2v) is 11.1. The van der Waals surface area contributed by atoms with Crippen LogP contribution in [0.2, 0.25) is 5.02 Å². The van der Waals surface area contributed by atoms with E-state index in [9.17, 15) is 27.6 Å². The molecule has 244 valence electrons. The van der Waals surface area contributed by atoms with Gasteiger partial charge in [-0.1, -0.05) is 24.6 Å². The Bertz CT molecular complexity index is 1750. The molecule has 47 heavy (non-hydrogen) atoms. The summed E-state index contributed by atoms with van der Waals surface area (Å²) in [4.78, 5) is 55.3. The molecule has 0 radical (unpaired) electrons. The number of pyridine rings is 1. The number of aromatic nitrogens is 3. The molecule has 3 heterocycles. The van der Waals surface area contributed by atoms with Crippen molar-refractivity contribution in [2.45, 2.75) is 19.5 Å². The zero-order valence-corrected chi connectivity index (χ0v) is 25.9. The van der Waals surface area contributed by atoms with Crippen LogP contribution in [-0.4, -0.2) is 75.2 Å². The van der Waals surface area contributed by atoms with Crippen LogP contribution in [0, 0.1) is 0 Å². The van der Waals surface area contributed by atoms with Gasteiger partial charge in [-0.2, -0.15) is 13.2 Å². The van der Waals surface area contributed by atoms with Gasteiger partial charge in [0.15, 0.2) is 0 Å². The van der Waals surface area contributed by atoms with Crippen molar-refractivity contribution in [1.82, 2.24) is 24.8 Å². The molecule has 2 aromatic carbocycles. The number of anilines is 4. The van der Waals surface area contributed by atoms with E-state index in [0.29, 0.717) is 24.5 Å². The molecule has 1 saturated heterocycles. The van der Waals surface area contributed by atoms with E-state index in [-0.39, 0.29) is 39.4 Å². The average Bonchev–Trinajstić information content (AvgIpc) is 3.06. The van der Waals surface area contributed by atoms with Crippen molar-refractivity contribution in [1.29, 1.82) is 0 Å². The van der Waals surface area contributed by atoms with E-state index in [1.807, 2.05) is 0 Å². The average molecular weight is 667 g/mol. The fraction of sp³-hybridized carbons (Fsp3) is 0.250. The summed E-state index contributed by atoms with van der Waals surface area (Å²) in [6.45, 7) is 6.17. The van der Waals surface area contributed by atoms with Crippen LogP contribution in [0.25, 0.3) is 0 Å². The third kappa shape index (κ3) is 8.60. The van der Waals surface area contributed by atoms with Crippen LogP contribution in [0.15, 0.2) is 73.2 Å². The predicted molar refractivity (Wildman–Crippen MR) is 171 cm³/mol. The number of halogens is 4. The molecule has 4 aromatic rings. The summed E-state index contributed by atoms with van der Waals surface area (Å²) < 4.78 is 39.1. The maximum Gasteiger partial charge on any atom is 0.416 e. The van der Waals surface area contributed by atoms with Crippen molar-refractivity contribution < 1.29 is 27.6 Å². The lowest BCUT2D eigenvalue weighted by Gasteiger charge is -2.34. The Balaban J connectivity index is 1.16. The predicted octanol–water partition coefficient (Wildman–Crippen LogP) is 5.96. The third-order valence-electron chi connectivity index (χ3n) is 7.27. The van der Waals surface area contributed by atoms with E-state index in [1.165, 1.54) is 42.9 Å². The molecular weight excluding hydrogens is 637 g/mol. The monoisotopic (exact) mass is 666 g/mol. The highest BCUT2D eigenvalue weighted by Crippen LogP contribution is 2.30. The summed E-state index contributed by atoms with van der Waals surface area (Å²) in [5.74, 6) is -1.33. The maximum atomic E-state index is 13.0. The number of piperazine rings is 1. The molecule has 11 nitrogen and oxygen atoms in total. The summed E-state index contributed by atoms with van der Waals surface area (Å²) >= 11 is 6.22. The van der Waals surface area contributed by atoms with Gasteiger partial charge in [0.2, 0.25) is 5.95 Å². The molecule has 2 aromatic heterocycles. The van der Waals surface area contributed by atoms with Crippen molar-refractivity contribution >= 4 is 52.3 Å². The lowest BCUT2D eigenvalue weighted by molar-refractivity contribution is -0.137. The Kier molecular flexibility index (Phi) is 10.3. The highest BCUT2D eigenvalue weighted by atomic mass is 35.5. The number of amides is 3. The van der Waals surface area contributed by atoms with Crippen LogP contribution in [0.4, 0.5) is 36.2 Å². The summed E-state index contributed by atoms with van der Waals surface area (Å²) in [6, 6.07) is 11.4. The first-order valence-corrected chi connectivity index (χ1v) is 15.0. The van der Waals surface area contributed by atoms with Crippen LogP contribution < -0.4 is 16.0 Å². The van der Waals surface area contributed by atoms with E-state index >= 15 is 0 Å². The van der Waals surface area contributed by atoms with Crippen molar-refractivity contribution in [3.8, 4) is 0 Å². The van der Waals surface area contributed by atoms with Gasteiger partial charge < -0.3 is 20.9 Å². The van der Waals surface area contributed by atoms with E-state index in [0.717, 1.165) is 44.3 Å². The molecule has 0 unspecified atom stereocenters. The Hall–Kier alpha value is -5.08. The van der Waals surface area contributed by atoms with Crippen LogP contribution in [0.3, 0.4) is 0 Å². The van der Waals surface area contributed by atoms with Crippen molar-refractivity contribution in [3.63, 3.8) is 0 Å². The van der Waals surface area contributed by atoms with Crippen molar-refractivity contribution in [2.24, 2.45) is 0 Å². The second-order valence-electron chi connectivity index (χ2n) is 10.7. The smallest absolute Gasteiger partial charge is 0.335 e. The number of hydrogen-bond acceptors (Lipinski definition) is 8. The normalized spacial score (nSPS) is 13.6. The van der Waals surface area contributed by atoms with E-state index in [1.54, 1.807) is 17.0 Å². The largest absolute Gasteiger partial charge is 0.416 e. The van der Waals surface area contributed by atoms with Gasteiger partial charge >= 0.3 is 6.18 Å². The molecule has 15 heteroatoms. The first kappa shape index (κ1) is 33.3. The molecule has 1 aliphatic heterocycles. The van der Waals surface area contributed by atoms with Gasteiger partial charge in [0.1, 0.15) is 5.69 Å². The second kappa shape index (κ2) is 14.6. The van der Waals surface area contributed by atoms with Crippen LogP contribution in [-0.2, 0) is 6.18 Å². The highest BCUT2D eigenvalue weighted by Gasteiger charge is 2.31. The molecule has 0 saturated carbocycles. The van der Waals surface area contributed by atoms with Crippen LogP contribution in [0.5, 0.6) is 0 Å². The fourth-order valence-electron chi connectivity index (χ4n) is 4.85. The molecule has 3 N–H and O–H groups in total. The number of alkyl halides is 3. The molecule has 3 amide bonds. The summed E-state index contributed by atoms with van der Waals surface area (Å²) in [7, 11) is 0. The number of benzene rings is 2. The minimum atomic E-state index is -4.60. The molecule has 1 fully saturated rings. The molecule has 5 rings (SSSR count). The van der Waals surface area contributed by atoms with Gasteiger partial charge in [0.05, 0.1) is 46.1 Å². The minimum Gasteiger partial charge on any atom is -0.335 e. The van der Waals surface area contributed by atoms with Gasteiger partial charge in [0.25, 0.3) is 17.7 Å². The van der Waals surface area contributed by atoms with Crippen molar-refractivity contribution in [3.05, 3.63) is 101 Å². The quantitative estimate of drug-likeness (QED) is 0.199. The molecule has 0 bridgehead atoms. The molecular formula is C32H30ClF3N8O3. The fourth-order valence-corrected chi connectivity index (χ4v) is 5.05. The van der Waals surface area contributed by atoms with E-state index in [4.69, 9.17) is 11.6 Å². The topological polar surface area (TPSA) is 132 Å². The Morgan fingerprint density at radius 3 is 2.17 bits per heavy atom. The number of nitrogens with one attached hydrogen (secondary N) is 3. The van der Waals surface area contributed by atoms with Crippen LogP contribution >= 0.6 is 11.6 Å². The Morgan fingerprint density at radius 1 is 0.830 bits per heavy atom. The number of rotatable bonds is 9. The zero-order valence-electron chi connectivity index (χ0n) is 25.1. The van der Waals surface area contributed by atoms with Gasteiger partial charge in [-0.05, 0) is 61.5 Å². The number of nitrogens with zero attached hydrogens (tertiary/aromatic N) is 5. The summed E-state index contributed by atoms with van der Waals surface area (Å²) in [5, 5.41) is 8.16. The zero-order chi connectivity index (χ0) is 33.6. The lowest BCUT2D eigenvalue weighted by Crippen LogP contribution is -2.48. The minimum absolute atomic E-state index is 0.000685. The van der Waals surface area contributed by atoms with Gasteiger partial charge in [-0.25, -0.2) is 15.0 Å². The van der Waals surface area contributed by atoms with Crippen LogP contribution in [0.1, 0.15) is 50.1 Å². The van der Waals surface area contributed by atoms with Gasteiger partial charge in [0, 0.05) is 37.4 Å². The maximum absolute atomic E-state index is 13.0. The first-order valence-electron chi connectivity index (χ1n) is 14.7. The highest BCUT2D eigenvalue weighted by molar-refractivity contribution is 6.34. The summed E-state index contributed by atoms with van der Waals surface area (Å²) in [5.41, 5.74) is 0.126. The summed E-state index contributed by atoms with van der Waals surface area (Å²) in [6.07, 6.45) is 0.721. The lowest BCUT2D eigenvalue weighted by atomic mass is 10.1. The molecule has 0 aliphatic carbocycles. The third-order valence-corrected chi connectivity index (χ3v) is 7.60. The standard InChI is InChI=1S/C32H30ClF3N8O3/c1-2-10-43-11-13-44(14-12-43)30(47)27-9-7-23(17-37-27)42-31-38-18-24(19-39-31)41-29(46)25-16-22(6-8-26(25)33)40-28(45)20-4-3-5-21(15-20)32(34,35)36/h3-9,15-19H,2,10-14H2,1H3,(H,40,45)(H,41,46)(H,38,39,42). The van der Waals surface area contributed by atoms with Crippen molar-refractivity contribution in [2.75, 3.05) is 48.7 Å². The number of carbonyl (C=O) groups excluding carboxylic acids is 3. The first-order chi connectivity index (χ1) is 22.5. The molecule has 0 atom stereocenters. The molecule has 1 aliphatic rings. The number of carbonyl (C=O) groups is 3. The Morgan fingerprint density at radius 2 is 1.51 bits per heavy atom. The van der Waals surface area contributed by atoms with E-state index < -0.39 is 23.6 Å². The number of hydrogen-bond donors (Lipinski definition) is 3. The SMILES string of the molecule is CCCN1CCN(C(=O)c2ccc(Nc3ncc(NC(=O)c4cc(NC(=O)c5cccc(C(F)(F)F)c5)ccc4Cl)cn3)cn2)CC1. The Labute approximate surface area is 273 Å². The van der Waals surface area contributed by atoms with Gasteiger partial charge in [-0.15, -0.1) is 0 Å². The molecule has 0 spiro atoms.